The normalized spacial score (nSPS) is 11.0. The molecule has 6 rings (SSSR count). The number of benzene rings is 3. The molecule has 0 atom stereocenters. The van der Waals surface area contributed by atoms with Gasteiger partial charge in [-0.3, -0.25) is 0 Å². The number of aromatic nitrogens is 5. The van der Waals surface area contributed by atoms with Crippen LogP contribution in [0.25, 0.3) is 51.1 Å². The van der Waals surface area contributed by atoms with Gasteiger partial charge in [0.1, 0.15) is 5.65 Å². The van der Waals surface area contributed by atoms with E-state index in [4.69, 9.17) is 19.9 Å². The Labute approximate surface area is 191 Å². The van der Waals surface area contributed by atoms with Crippen molar-refractivity contribution in [1.29, 1.82) is 0 Å². The molecule has 0 fully saturated rings. The Balaban J connectivity index is 1.43. The summed E-state index contributed by atoms with van der Waals surface area (Å²) in [5.74, 6) is 1.96. The van der Waals surface area contributed by atoms with Crippen LogP contribution in [0.3, 0.4) is 0 Å². The number of imidazole rings is 1. The smallest absolute Gasteiger partial charge is 0.164 e. The molecule has 0 radical (unpaired) electrons. The van der Waals surface area contributed by atoms with E-state index >= 15 is 0 Å². The Bertz CT molecular complexity index is 1450. The van der Waals surface area contributed by atoms with Crippen molar-refractivity contribution in [3.8, 4) is 45.4 Å². The highest BCUT2D eigenvalue weighted by Gasteiger charge is 2.12. The molecule has 156 valence electrons. The molecule has 0 unspecified atom stereocenters. The van der Waals surface area contributed by atoms with Gasteiger partial charge in [-0.15, -0.1) is 0 Å². The fourth-order valence-corrected chi connectivity index (χ4v) is 3.80. The molecule has 0 aliphatic heterocycles. The lowest BCUT2D eigenvalue weighted by Crippen LogP contribution is -2.00. The average Bonchev–Trinajstić information content (AvgIpc) is 3.34. The summed E-state index contributed by atoms with van der Waals surface area (Å²) in [6, 6.07) is 34.2. The summed E-state index contributed by atoms with van der Waals surface area (Å²) in [6.45, 7) is 0. The molecule has 3 heterocycles. The number of fused-ring (bicyclic) bond motifs is 1. The molecule has 0 amide bonds. The average molecular weight is 425 g/mol. The zero-order valence-corrected chi connectivity index (χ0v) is 17.7. The van der Waals surface area contributed by atoms with Crippen LogP contribution in [0.4, 0.5) is 0 Å². The Hall–Kier alpha value is -4.64. The van der Waals surface area contributed by atoms with Crippen molar-refractivity contribution in [2.45, 2.75) is 0 Å². The van der Waals surface area contributed by atoms with Crippen LogP contribution in [0.2, 0.25) is 0 Å². The predicted molar refractivity (Wildman–Crippen MR) is 130 cm³/mol. The molecular weight excluding hydrogens is 406 g/mol. The molecule has 33 heavy (non-hydrogen) atoms. The maximum absolute atomic E-state index is 4.79. The van der Waals surface area contributed by atoms with Crippen LogP contribution < -0.4 is 0 Å². The van der Waals surface area contributed by atoms with Gasteiger partial charge >= 0.3 is 0 Å². The fraction of sp³-hybridized carbons (Fsp3) is 0. The van der Waals surface area contributed by atoms with Gasteiger partial charge in [0.05, 0.1) is 5.69 Å². The minimum absolute atomic E-state index is 0.643. The molecule has 0 aliphatic rings. The van der Waals surface area contributed by atoms with Crippen LogP contribution in [0, 0.1) is 0 Å². The summed E-state index contributed by atoms with van der Waals surface area (Å²) in [7, 11) is 0. The zero-order chi connectivity index (χ0) is 22.0. The molecule has 3 aromatic heterocycles. The molecule has 5 heteroatoms. The molecule has 6 aromatic rings. The maximum atomic E-state index is 4.79. The van der Waals surface area contributed by atoms with E-state index in [1.165, 1.54) is 0 Å². The first-order chi connectivity index (χ1) is 16.3. The van der Waals surface area contributed by atoms with Crippen LogP contribution in [-0.2, 0) is 0 Å². The van der Waals surface area contributed by atoms with E-state index in [9.17, 15) is 0 Å². The second-order valence-electron chi connectivity index (χ2n) is 7.71. The summed E-state index contributed by atoms with van der Waals surface area (Å²) in [5.41, 5.74) is 5.74. The van der Waals surface area contributed by atoms with Crippen LogP contribution >= 0.6 is 0 Å². The van der Waals surface area contributed by atoms with Crippen LogP contribution in [0.15, 0.2) is 116 Å². The second kappa shape index (κ2) is 8.13. The number of rotatable bonds is 4. The molecule has 5 nitrogen and oxygen atoms in total. The maximum Gasteiger partial charge on any atom is 0.164 e. The molecule has 0 bridgehead atoms. The van der Waals surface area contributed by atoms with Gasteiger partial charge in [-0.05, 0) is 12.1 Å². The highest BCUT2D eigenvalue weighted by molar-refractivity contribution is 5.70. The monoisotopic (exact) mass is 425 g/mol. The molecule has 0 saturated carbocycles. The predicted octanol–water partition coefficient (Wildman–Crippen LogP) is 6.19. The van der Waals surface area contributed by atoms with Gasteiger partial charge in [0.2, 0.25) is 0 Å². The third-order valence-electron chi connectivity index (χ3n) is 5.50. The topological polar surface area (TPSA) is 56.0 Å². The van der Waals surface area contributed by atoms with Crippen molar-refractivity contribution in [3.05, 3.63) is 116 Å². The molecule has 3 aromatic carbocycles. The van der Waals surface area contributed by atoms with Crippen molar-refractivity contribution in [2.75, 3.05) is 0 Å². The van der Waals surface area contributed by atoms with Gasteiger partial charge < -0.3 is 4.40 Å². The van der Waals surface area contributed by atoms with Gasteiger partial charge in [-0.2, -0.15) is 0 Å². The number of nitrogens with zero attached hydrogens (tertiary/aromatic N) is 5. The van der Waals surface area contributed by atoms with Crippen molar-refractivity contribution in [1.82, 2.24) is 24.3 Å². The molecule has 0 aliphatic carbocycles. The van der Waals surface area contributed by atoms with Crippen molar-refractivity contribution < 1.29 is 0 Å². The third-order valence-corrected chi connectivity index (χ3v) is 5.50. The SMILES string of the molecule is c1ccc(-c2nc(-c3ccccc3)nc(-c3ccc(-c4cn5ccccc5n4)cc3)n2)cc1. The lowest BCUT2D eigenvalue weighted by molar-refractivity contribution is 1.07. The summed E-state index contributed by atoms with van der Waals surface area (Å²) < 4.78 is 2.02. The number of hydrogen-bond donors (Lipinski definition) is 0. The van der Waals surface area contributed by atoms with Crippen molar-refractivity contribution >= 4 is 5.65 Å². The first kappa shape index (κ1) is 19.1. The standard InChI is InChI=1S/C28H19N5/c1-3-9-21(10-4-1)26-30-27(22-11-5-2-6-12-22)32-28(31-26)23-16-14-20(15-17-23)24-19-33-18-8-7-13-25(33)29-24/h1-19H. The Morgan fingerprint density at radius 1 is 0.424 bits per heavy atom. The highest BCUT2D eigenvalue weighted by atomic mass is 15.0. The molecule has 0 N–H and O–H groups in total. The number of hydrogen-bond acceptors (Lipinski definition) is 4. The van der Waals surface area contributed by atoms with Gasteiger partial charge in [-0.25, -0.2) is 19.9 Å². The fourth-order valence-electron chi connectivity index (χ4n) is 3.80. The lowest BCUT2D eigenvalue weighted by Gasteiger charge is -2.08. The van der Waals surface area contributed by atoms with Crippen LogP contribution in [0.1, 0.15) is 0 Å². The van der Waals surface area contributed by atoms with Crippen LogP contribution in [0.5, 0.6) is 0 Å². The summed E-state index contributed by atoms with van der Waals surface area (Å²) >= 11 is 0. The largest absolute Gasteiger partial charge is 0.306 e. The first-order valence-corrected chi connectivity index (χ1v) is 10.7. The molecule has 0 saturated heterocycles. The van der Waals surface area contributed by atoms with E-state index in [0.717, 1.165) is 33.6 Å². The minimum atomic E-state index is 0.643. The number of pyridine rings is 1. The van der Waals surface area contributed by atoms with Gasteiger partial charge in [0, 0.05) is 34.6 Å². The Morgan fingerprint density at radius 3 is 1.45 bits per heavy atom. The van der Waals surface area contributed by atoms with Gasteiger partial charge in [0.15, 0.2) is 17.5 Å². The van der Waals surface area contributed by atoms with E-state index in [2.05, 4.69) is 12.1 Å². The zero-order valence-electron chi connectivity index (χ0n) is 17.7. The van der Waals surface area contributed by atoms with Crippen LogP contribution in [-0.4, -0.2) is 24.3 Å². The summed E-state index contributed by atoms with van der Waals surface area (Å²) in [5, 5.41) is 0. The van der Waals surface area contributed by atoms with E-state index in [-0.39, 0.29) is 0 Å². The lowest BCUT2D eigenvalue weighted by atomic mass is 10.1. The van der Waals surface area contributed by atoms with E-state index in [0.29, 0.717) is 17.5 Å². The quantitative estimate of drug-likeness (QED) is 0.338. The van der Waals surface area contributed by atoms with Gasteiger partial charge in [0.25, 0.3) is 0 Å². The Morgan fingerprint density at radius 2 is 0.909 bits per heavy atom. The van der Waals surface area contributed by atoms with Crippen molar-refractivity contribution in [3.63, 3.8) is 0 Å². The highest BCUT2D eigenvalue weighted by Crippen LogP contribution is 2.26. The first-order valence-electron chi connectivity index (χ1n) is 10.7. The molecular formula is C28H19N5. The third kappa shape index (κ3) is 3.77. The second-order valence-corrected chi connectivity index (χ2v) is 7.71. The van der Waals surface area contributed by atoms with E-state index < -0.39 is 0 Å². The molecule has 0 spiro atoms. The van der Waals surface area contributed by atoms with E-state index in [1.807, 2.05) is 108 Å². The van der Waals surface area contributed by atoms with E-state index in [1.54, 1.807) is 0 Å². The Kier molecular flexibility index (Phi) is 4.70. The van der Waals surface area contributed by atoms with Gasteiger partial charge in [-0.1, -0.05) is 91.0 Å². The van der Waals surface area contributed by atoms with Crippen molar-refractivity contribution in [2.24, 2.45) is 0 Å². The minimum Gasteiger partial charge on any atom is -0.306 e. The summed E-state index contributed by atoms with van der Waals surface area (Å²) in [6.07, 6.45) is 4.04. The summed E-state index contributed by atoms with van der Waals surface area (Å²) in [4.78, 5) is 19.1.